The van der Waals surface area contributed by atoms with E-state index in [0.29, 0.717) is 24.9 Å². The first-order valence-electron chi connectivity index (χ1n) is 11.0. The van der Waals surface area contributed by atoms with Crippen LogP contribution in [0.1, 0.15) is 18.1 Å². The molecule has 2 heterocycles. The lowest BCUT2D eigenvalue weighted by atomic mass is 10.1. The van der Waals surface area contributed by atoms with Crippen LogP contribution in [0.25, 0.3) is 16.3 Å². The molecule has 33 heavy (non-hydrogen) atoms. The third-order valence-corrected chi connectivity index (χ3v) is 6.68. The summed E-state index contributed by atoms with van der Waals surface area (Å²) in [6.45, 7) is 6.45. The van der Waals surface area contributed by atoms with E-state index in [1.165, 1.54) is 29.5 Å². The second-order valence-corrected chi connectivity index (χ2v) is 8.75. The molecule has 0 unspecified atom stereocenters. The minimum Gasteiger partial charge on any atom is -0.379 e. The van der Waals surface area contributed by atoms with Crippen LogP contribution >= 0.6 is 11.3 Å². The maximum Gasteiger partial charge on any atom is 0.269 e. The molecule has 2 aromatic carbocycles. The molecule has 0 bridgehead atoms. The van der Waals surface area contributed by atoms with Crippen molar-refractivity contribution < 1.29 is 14.5 Å². The minimum atomic E-state index is -0.441. The zero-order chi connectivity index (χ0) is 23.2. The van der Waals surface area contributed by atoms with Gasteiger partial charge in [-0.25, -0.2) is 4.98 Å². The summed E-state index contributed by atoms with van der Waals surface area (Å²) >= 11 is 1.52. The lowest BCUT2D eigenvalue weighted by molar-refractivity contribution is -0.384. The molecule has 0 saturated carbocycles. The molecule has 1 fully saturated rings. The lowest BCUT2D eigenvalue weighted by Crippen LogP contribution is -2.42. The van der Waals surface area contributed by atoms with Crippen LogP contribution in [0.4, 0.5) is 10.8 Å². The van der Waals surface area contributed by atoms with Crippen molar-refractivity contribution in [2.24, 2.45) is 0 Å². The number of carbonyl (C=O) groups is 1. The number of amides is 1. The third kappa shape index (κ3) is 5.62. The number of anilines is 1. The molecule has 1 saturated heterocycles. The number of ether oxygens (including phenoxy) is 1. The fourth-order valence-corrected chi connectivity index (χ4v) is 4.77. The van der Waals surface area contributed by atoms with Crippen molar-refractivity contribution in [2.75, 3.05) is 44.3 Å². The van der Waals surface area contributed by atoms with E-state index in [1.807, 2.05) is 12.1 Å². The third-order valence-electron chi connectivity index (χ3n) is 5.63. The van der Waals surface area contributed by atoms with Gasteiger partial charge in [0.1, 0.15) is 0 Å². The van der Waals surface area contributed by atoms with Gasteiger partial charge in [0.25, 0.3) is 11.6 Å². The topological polar surface area (TPSA) is 88.8 Å². The standard InChI is InChI=1S/C24H26N4O4S/c1-2-19-4-3-5-21-23(19)25-24(33-21)27(13-12-26-14-16-32-17-15-26)22(29)11-8-18-6-9-20(10-7-18)28(30)31/h3-11H,2,12-17H2,1H3/b11-8+. The number of aryl methyl sites for hydroxylation is 1. The number of morpholine rings is 1. The number of benzene rings is 2. The van der Waals surface area contributed by atoms with Crippen molar-refractivity contribution in [1.82, 2.24) is 9.88 Å². The minimum absolute atomic E-state index is 0.0202. The molecule has 1 aliphatic rings. The number of para-hydroxylation sites is 1. The van der Waals surface area contributed by atoms with Crippen LogP contribution in [0, 0.1) is 10.1 Å². The second kappa shape index (κ2) is 10.7. The first-order chi connectivity index (χ1) is 16.0. The van der Waals surface area contributed by atoms with Crippen molar-refractivity contribution >= 4 is 44.4 Å². The van der Waals surface area contributed by atoms with Gasteiger partial charge in [-0.1, -0.05) is 30.4 Å². The number of nitro groups is 1. The Balaban J connectivity index is 1.57. The van der Waals surface area contributed by atoms with E-state index < -0.39 is 4.92 Å². The van der Waals surface area contributed by atoms with Gasteiger partial charge in [-0.3, -0.25) is 24.7 Å². The predicted octanol–water partition coefficient (Wildman–Crippen LogP) is 4.15. The summed E-state index contributed by atoms with van der Waals surface area (Å²) in [4.78, 5) is 32.5. The summed E-state index contributed by atoms with van der Waals surface area (Å²) in [6, 6.07) is 12.3. The molecule has 1 aliphatic heterocycles. The molecule has 1 amide bonds. The van der Waals surface area contributed by atoms with Gasteiger partial charge in [-0.15, -0.1) is 0 Å². The molecule has 0 spiro atoms. The molecule has 9 heteroatoms. The molecule has 0 atom stereocenters. The van der Waals surface area contributed by atoms with Gasteiger partial charge in [0.2, 0.25) is 0 Å². The van der Waals surface area contributed by atoms with Crippen molar-refractivity contribution in [2.45, 2.75) is 13.3 Å². The van der Waals surface area contributed by atoms with Crippen molar-refractivity contribution in [1.29, 1.82) is 0 Å². The Morgan fingerprint density at radius 3 is 2.70 bits per heavy atom. The number of hydrogen-bond donors (Lipinski definition) is 0. The van der Waals surface area contributed by atoms with E-state index in [9.17, 15) is 14.9 Å². The van der Waals surface area contributed by atoms with Gasteiger partial charge >= 0.3 is 0 Å². The summed E-state index contributed by atoms with van der Waals surface area (Å²) < 4.78 is 6.49. The van der Waals surface area contributed by atoms with Crippen LogP contribution in [0.2, 0.25) is 0 Å². The number of non-ortho nitro benzene ring substituents is 1. The number of thiazole rings is 1. The highest BCUT2D eigenvalue weighted by Crippen LogP contribution is 2.31. The van der Waals surface area contributed by atoms with Gasteiger partial charge in [0.15, 0.2) is 5.13 Å². The number of nitro benzene ring substituents is 1. The summed E-state index contributed by atoms with van der Waals surface area (Å²) in [7, 11) is 0. The average Bonchev–Trinajstić information content (AvgIpc) is 3.28. The van der Waals surface area contributed by atoms with E-state index in [-0.39, 0.29) is 11.6 Å². The quantitative estimate of drug-likeness (QED) is 0.282. The maximum absolute atomic E-state index is 13.3. The number of fused-ring (bicyclic) bond motifs is 1. The Kier molecular flexibility index (Phi) is 7.43. The number of rotatable bonds is 8. The first kappa shape index (κ1) is 23.0. The molecule has 4 rings (SSSR count). The molecular formula is C24H26N4O4S. The molecule has 0 N–H and O–H groups in total. The molecule has 3 aromatic rings. The van der Waals surface area contributed by atoms with Gasteiger partial charge in [-0.2, -0.15) is 0 Å². The van der Waals surface area contributed by atoms with E-state index in [0.717, 1.165) is 47.4 Å². The van der Waals surface area contributed by atoms with Crippen molar-refractivity contribution in [3.05, 3.63) is 69.8 Å². The van der Waals surface area contributed by atoms with Crippen LogP contribution in [0.15, 0.2) is 48.5 Å². The Morgan fingerprint density at radius 1 is 1.24 bits per heavy atom. The number of carbonyl (C=O) groups excluding carboxylic acids is 1. The zero-order valence-electron chi connectivity index (χ0n) is 18.5. The van der Waals surface area contributed by atoms with Crippen LogP contribution in [0.5, 0.6) is 0 Å². The predicted molar refractivity (Wildman–Crippen MR) is 131 cm³/mol. The Hall–Kier alpha value is -3.14. The molecule has 172 valence electrons. The van der Waals surface area contributed by atoms with Crippen LogP contribution < -0.4 is 4.90 Å². The molecule has 0 radical (unpaired) electrons. The fraction of sp³-hybridized carbons (Fsp3) is 0.333. The highest BCUT2D eigenvalue weighted by Gasteiger charge is 2.20. The maximum atomic E-state index is 13.3. The lowest BCUT2D eigenvalue weighted by Gasteiger charge is -2.28. The van der Waals surface area contributed by atoms with Gasteiger partial charge < -0.3 is 4.74 Å². The van der Waals surface area contributed by atoms with Crippen LogP contribution in [0.3, 0.4) is 0 Å². The highest BCUT2D eigenvalue weighted by molar-refractivity contribution is 7.22. The number of aromatic nitrogens is 1. The zero-order valence-corrected chi connectivity index (χ0v) is 19.3. The molecule has 8 nitrogen and oxygen atoms in total. The fourth-order valence-electron chi connectivity index (χ4n) is 3.73. The summed E-state index contributed by atoms with van der Waals surface area (Å²) in [6.07, 6.45) is 4.06. The second-order valence-electron chi connectivity index (χ2n) is 7.74. The SMILES string of the molecule is CCc1cccc2sc(N(CCN3CCOCC3)C(=O)/C=C/c3ccc([N+](=O)[O-])cc3)nc12. The number of hydrogen-bond acceptors (Lipinski definition) is 7. The van der Waals surface area contributed by atoms with Gasteiger partial charge in [-0.05, 0) is 41.8 Å². The van der Waals surface area contributed by atoms with Crippen LogP contribution in [-0.2, 0) is 16.0 Å². The smallest absolute Gasteiger partial charge is 0.269 e. The molecule has 0 aliphatic carbocycles. The van der Waals surface area contributed by atoms with E-state index in [1.54, 1.807) is 23.1 Å². The Morgan fingerprint density at radius 2 is 2.00 bits per heavy atom. The van der Waals surface area contributed by atoms with Gasteiger partial charge in [0, 0.05) is 44.4 Å². The van der Waals surface area contributed by atoms with Gasteiger partial charge in [0.05, 0.1) is 28.4 Å². The average molecular weight is 467 g/mol. The molecular weight excluding hydrogens is 440 g/mol. The van der Waals surface area contributed by atoms with Crippen LogP contribution in [-0.4, -0.2) is 60.1 Å². The normalized spacial score (nSPS) is 14.7. The summed E-state index contributed by atoms with van der Waals surface area (Å²) in [5.41, 5.74) is 2.85. The van der Waals surface area contributed by atoms with E-state index in [4.69, 9.17) is 9.72 Å². The monoisotopic (exact) mass is 466 g/mol. The van der Waals surface area contributed by atoms with E-state index in [2.05, 4.69) is 17.9 Å². The Labute approximate surface area is 196 Å². The largest absolute Gasteiger partial charge is 0.379 e. The molecule has 1 aromatic heterocycles. The van der Waals surface area contributed by atoms with Crippen molar-refractivity contribution in [3.8, 4) is 0 Å². The summed E-state index contributed by atoms with van der Waals surface area (Å²) in [5, 5.41) is 11.5. The number of nitrogens with zero attached hydrogens (tertiary/aromatic N) is 4. The first-order valence-corrected chi connectivity index (χ1v) is 11.8. The van der Waals surface area contributed by atoms with E-state index >= 15 is 0 Å². The highest BCUT2D eigenvalue weighted by atomic mass is 32.1. The van der Waals surface area contributed by atoms with Crippen molar-refractivity contribution in [3.63, 3.8) is 0 Å². The Bertz CT molecular complexity index is 1150. The summed E-state index contributed by atoms with van der Waals surface area (Å²) in [5.74, 6) is -0.168.